The summed E-state index contributed by atoms with van der Waals surface area (Å²) in [5, 5.41) is 3.63. The van der Waals surface area contributed by atoms with Gasteiger partial charge in [-0.2, -0.15) is 0 Å². The Morgan fingerprint density at radius 3 is 2.59 bits per heavy atom. The van der Waals surface area contributed by atoms with Gasteiger partial charge in [0.25, 0.3) is 0 Å². The first-order chi connectivity index (χ1) is 8.24. The van der Waals surface area contributed by atoms with Crippen molar-refractivity contribution in [3.63, 3.8) is 0 Å². The van der Waals surface area contributed by atoms with E-state index in [9.17, 15) is 0 Å². The summed E-state index contributed by atoms with van der Waals surface area (Å²) >= 11 is 0. The number of hydrogen-bond acceptors (Lipinski definition) is 2. The zero-order chi connectivity index (χ0) is 12.3. The Kier molecular flexibility index (Phi) is 4.08. The van der Waals surface area contributed by atoms with Gasteiger partial charge in [0, 0.05) is 18.3 Å². The molecule has 1 fully saturated rings. The first-order valence-electron chi connectivity index (χ1n) is 7.06. The Hall–Kier alpha value is -0.990. The van der Waals surface area contributed by atoms with Gasteiger partial charge >= 0.3 is 0 Å². The van der Waals surface area contributed by atoms with Crippen molar-refractivity contribution in [1.29, 1.82) is 0 Å². The van der Waals surface area contributed by atoms with Crippen LogP contribution in [0.25, 0.3) is 0 Å². The van der Waals surface area contributed by atoms with Crippen molar-refractivity contribution in [2.45, 2.75) is 71.4 Å². The molecule has 0 spiro atoms. The van der Waals surface area contributed by atoms with Crippen LogP contribution in [0.1, 0.15) is 64.1 Å². The van der Waals surface area contributed by atoms with E-state index in [4.69, 9.17) is 0 Å². The molecule has 0 radical (unpaired) electrons. The number of anilines is 1. The number of aromatic nitrogens is 2. The van der Waals surface area contributed by atoms with Gasteiger partial charge in [-0.3, -0.25) is 0 Å². The third kappa shape index (κ3) is 2.82. The molecular formula is C14H25N3. The highest BCUT2D eigenvalue weighted by atomic mass is 15.2. The highest BCUT2D eigenvalue weighted by Crippen LogP contribution is 2.26. The first kappa shape index (κ1) is 12.5. The fraction of sp³-hybridized carbons (Fsp3) is 0.786. The topological polar surface area (TPSA) is 29.9 Å². The van der Waals surface area contributed by atoms with E-state index < -0.39 is 0 Å². The van der Waals surface area contributed by atoms with Crippen LogP contribution < -0.4 is 5.32 Å². The van der Waals surface area contributed by atoms with Gasteiger partial charge in [-0.15, -0.1) is 0 Å². The summed E-state index contributed by atoms with van der Waals surface area (Å²) < 4.78 is 2.34. The molecule has 96 valence electrons. The van der Waals surface area contributed by atoms with Gasteiger partial charge in [-0.25, -0.2) is 4.98 Å². The van der Waals surface area contributed by atoms with Crippen LogP contribution in [-0.2, 0) is 0 Å². The van der Waals surface area contributed by atoms with Crippen LogP contribution in [0.2, 0.25) is 0 Å². The number of nitrogens with zero attached hydrogens (tertiary/aromatic N) is 2. The van der Waals surface area contributed by atoms with Gasteiger partial charge in [-0.05, 0) is 32.6 Å². The molecule has 17 heavy (non-hydrogen) atoms. The van der Waals surface area contributed by atoms with E-state index in [2.05, 4.69) is 41.8 Å². The molecule has 1 aromatic rings. The third-order valence-corrected chi connectivity index (χ3v) is 3.88. The van der Waals surface area contributed by atoms with Crippen LogP contribution in [-0.4, -0.2) is 15.6 Å². The minimum Gasteiger partial charge on any atom is -0.353 e. The summed E-state index contributed by atoms with van der Waals surface area (Å²) in [5.74, 6) is 1.09. The molecule has 1 aliphatic rings. The lowest BCUT2D eigenvalue weighted by molar-refractivity contribution is 0.473. The van der Waals surface area contributed by atoms with Crippen LogP contribution in [0.4, 0.5) is 5.95 Å². The number of aryl methyl sites for hydroxylation is 1. The summed E-state index contributed by atoms with van der Waals surface area (Å²) in [6, 6.07) is 1.23. The summed E-state index contributed by atoms with van der Waals surface area (Å²) in [4.78, 5) is 4.64. The molecule has 0 unspecified atom stereocenters. The van der Waals surface area contributed by atoms with E-state index in [1.165, 1.54) is 38.5 Å². The van der Waals surface area contributed by atoms with Crippen molar-refractivity contribution in [3.05, 3.63) is 11.9 Å². The number of hydrogen-bond donors (Lipinski definition) is 1. The zero-order valence-corrected chi connectivity index (χ0v) is 11.4. The average Bonchev–Trinajstić information content (AvgIpc) is 2.92. The molecule has 1 heterocycles. The molecule has 1 aromatic heterocycles. The molecule has 0 amide bonds. The molecule has 1 N–H and O–H groups in total. The van der Waals surface area contributed by atoms with Crippen molar-refractivity contribution in [1.82, 2.24) is 9.55 Å². The fourth-order valence-corrected chi connectivity index (χ4v) is 2.84. The normalized spacial score (nSPS) is 16.9. The molecule has 3 heteroatoms. The SMILES string of the molecule is CCC(CC)n1cc(C)nc1NC1CCCC1. The van der Waals surface area contributed by atoms with E-state index >= 15 is 0 Å². The Morgan fingerprint density at radius 1 is 1.35 bits per heavy atom. The predicted molar refractivity (Wildman–Crippen MR) is 72.5 cm³/mol. The lowest BCUT2D eigenvalue weighted by atomic mass is 10.2. The number of rotatable bonds is 5. The first-order valence-corrected chi connectivity index (χ1v) is 7.06. The number of nitrogens with one attached hydrogen (secondary N) is 1. The Morgan fingerprint density at radius 2 is 2.00 bits per heavy atom. The van der Waals surface area contributed by atoms with Crippen LogP contribution in [0.15, 0.2) is 6.20 Å². The highest BCUT2D eigenvalue weighted by Gasteiger charge is 2.19. The van der Waals surface area contributed by atoms with Gasteiger partial charge in [0.2, 0.25) is 5.95 Å². The fourth-order valence-electron chi connectivity index (χ4n) is 2.84. The second kappa shape index (κ2) is 5.56. The van der Waals surface area contributed by atoms with E-state index in [1.807, 2.05) is 0 Å². The minimum atomic E-state index is 0.583. The molecule has 2 rings (SSSR count). The van der Waals surface area contributed by atoms with Crippen LogP contribution in [0, 0.1) is 6.92 Å². The zero-order valence-electron chi connectivity index (χ0n) is 11.4. The molecule has 0 aromatic carbocycles. The van der Waals surface area contributed by atoms with E-state index in [-0.39, 0.29) is 0 Å². The quantitative estimate of drug-likeness (QED) is 0.838. The standard InChI is InChI=1S/C14H25N3/c1-4-13(5-2)17-10-11(3)15-14(17)16-12-8-6-7-9-12/h10,12-13H,4-9H2,1-3H3,(H,15,16). The highest BCUT2D eigenvalue weighted by molar-refractivity contribution is 5.31. The van der Waals surface area contributed by atoms with Crippen molar-refractivity contribution in [2.24, 2.45) is 0 Å². The molecule has 0 bridgehead atoms. The molecule has 0 aliphatic heterocycles. The maximum Gasteiger partial charge on any atom is 0.203 e. The van der Waals surface area contributed by atoms with Crippen LogP contribution >= 0.6 is 0 Å². The molecule has 1 aliphatic carbocycles. The van der Waals surface area contributed by atoms with Gasteiger partial charge < -0.3 is 9.88 Å². The van der Waals surface area contributed by atoms with E-state index in [1.54, 1.807) is 0 Å². The monoisotopic (exact) mass is 235 g/mol. The van der Waals surface area contributed by atoms with Crippen molar-refractivity contribution < 1.29 is 0 Å². The van der Waals surface area contributed by atoms with Gasteiger partial charge in [0.15, 0.2) is 0 Å². The lowest BCUT2D eigenvalue weighted by Crippen LogP contribution is -2.19. The minimum absolute atomic E-state index is 0.583. The van der Waals surface area contributed by atoms with Gasteiger partial charge in [-0.1, -0.05) is 26.7 Å². The summed E-state index contributed by atoms with van der Waals surface area (Å²) in [5.41, 5.74) is 1.12. The largest absolute Gasteiger partial charge is 0.353 e. The molecule has 0 atom stereocenters. The predicted octanol–water partition coefficient (Wildman–Crippen LogP) is 3.91. The van der Waals surface area contributed by atoms with Crippen LogP contribution in [0.5, 0.6) is 0 Å². The Labute approximate surface area is 105 Å². The molecule has 1 saturated carbocycles. The summed E-state index contributed by atoms with van der Waals surface area (Å²) in [7, 11) is 0. The average molecular weight is 235 g/mol. The second-order valence-corrected chi connectivity index (χ2v) is 5.21. The molecule has 3 nitrogen and oxygen atoms in total. The summed E-state index contributed by atoms with van der Waals surface area (Å²) in [6.07, 6.45) is 9.86. The lowest BCUT2D eigenvalue weighted by Gasteiger charge is -2.20. The van der Waals surface area contributed by atoms with E-state index in [0.29, 0.717) is 12.1 Å². The second-order valence-electron chi connectivity index (χ2n) is 5.21. The van der Waals surface area contributed by atoms with Crippen molar-refractivity contribution in [3.8, 4) is 0 Å². The van der Waals surface area contributed by atoms with Gasteiger partial charge in [0.05, 0.1) is 5.69 Å². The smallest absolute Gasteiger partial charge is 0.203 e. The van der Waals surface area contributed by atoms with Crippen LogP contribution in [0.3, 0.4) is 0 Å². The van der Waals surface area contributed by atoms with Crippen molar-refractivity contribution in [2.75, 3.05) is 5.32 Å². The van der Waals surface area contributed by atoms with Gasteiger partial charge in [0.1, 0.15) is 0 Å². The van der Waals surface area contributed by atoms with E-state index in [0.717, 1.165) is 11.6 Å². The maximum absolute atomic E-state index is 4.64. The maximum atomic E-state index is 4.64. The number of imidazole rings is 1. The summed E-state index contributed by atoms with van der Waals surface area (Å²) in [6.45, 7) is 6.59. The molecular weight excluding hydrogens is 210 g/mol. The Bertz CT molecular complexity index is 346. The third-order valence-electron chi connectivity index (χ3n) is 3.88. The molecule has 0 saturated heterocycles. The van der Waals surface area contributed by atoms with Crippen molar-refractivity contribution >= 4 is 5.95 Å². The Balaban J connectivity index is 2.14.